The number of halogens is 7. The minimum absolute atomic E-state index is 0.0218. The monoisotopic (exact) mass is 520 g/mol. The van der Waals surface area contributed by atoms with Gasteiger partial charge in [0.2, 0.25) is 0 Å². The Bertz CT molecular complexity index is 1110. The standard InChI is InChI=1S/C23H19ClF6N2O3/c24-17-3-1-2-13(10-17)18-12-31-20(34)35-21(18)4-6-32(7-5-21)19(33)14-8-15(22(25,26)27)11-16(9-14)23(28,29)30/h1-3,8-11,18H,4-7,12H2,(H,31,34)/t18-/m1/s1. The van der Waals surface area contributed by atoms with E-state index in [1.807, 2.05) is 6.07 Å². The lowest BCUT2D eigenvalue weighted by molar-refractivity contribution is -0.143. The van der Waals surface area contributed by atoms with E-state index in [-0.39, 0.29) is 44.5 Å². The Labute approximate surface area is 201 Å². The Morgan fingerprint density at radius 3 is 2.14 bits per heavy atom. The van der Waals surface area contributed by atoms with E-state index in [2.05, 4.69) is 5.32 Å². The van der Waals surface area contributed by atoms with E-state index in [0.717, 1.165) is 5.56 Å². The normalized spacial score (nSPS) is 20.4. The van der Waals surface area contributed by atoms with Crippen LogP contribution in [0.3, 0.4) is 0 Å². The van der Waals surface area contributed by atoms with Crippen molar-refractivity contribution in [1.82, 2.24) is 10.2 Å². The molecule has 1 N–H and O–H groups in total. The molecule has 188 valence electrons. The quantitative estimate of drug-likeness (QED) is 0.503. The number of piperidine rings is 1. The number of nitrogens with zero attached hydrogens (tertiary/aromatic N) is 1. The van der Waals surface area contributed by atoms with Crippen molar-refractivity contribution < 1.29 is 40.7 Å². The lowest BCUT2D eigenvalue weighted by Gasteiger charge is -2.48. The topological polar surface area (TPSA) is 58.6 Å². The summed E-state index contributed by atoms with van der Waals surface area (Å²) in [4.78, 5) is 26.1. The second kappa shape index (κ2) is 8.92. The Kier molecular flexibility index (Phi) is 6.41. The molecule has 0 bridgehead atoms. The molecule has 1 atom stereocenters. The molecule has 2 amide bonds. The van der Waals surface area contributed by atoms with Crippen molar-refractivity contribution in [3.63, 3.8) is 0 Å². The van der Waals surface area contributed by atoms with Crippen molar-refractivity contribution >= 4 is 23.6 Å². The number of alkyl carbamates (subject to hydrolysis) is 1. The highest BCUT2D eigenvalue weighted by Gasteiger charge is 2.49. The van der Waals surface area contributed by atoms with Crippen LogP contribution in [0.2, 0.25) is 5.02 Å². The number of benzene rings is 2. The van der Waals surface area contributed by atoms with Crippen LogP contribution in [0.4, 0.5) is 31.1 Å². The Hall–Kier alpha value is -2.95. The predicted octanol–water partition coefficient (Wildman–Crippen LogP) is 5.88. The summed E-state index contributed by atoms with van der Waals surface area (Å²) in [6.07, 6.45) is -10.5. The largest absolute Gasteiger partial charge is 0.442 e. The average Bonchev–Trinajstić information content (AvgIpc) is 2.78. The second-order valence-electron chi connectivity index (χ2n) is 8.53. The number of rotatable bonds is 2. The maximum atomic E-state index is 13.2. The first kappa shape index (κ1) is 25.2. The number of ether oxygens (including phenoxy) is 1. The third-order valence-electron chi connectivity index (χ3n) is 6.36. The number of alkyl halides is 6. The molecule has 1 spiro atoms. The van der Waals surface area contributed by atoms with Gasteiger partial charge in [-0.3, -0.25) is 4.79 Å². The summed E-state index contributed by atoms with van der Waals surface area (Å²) >= 11 is 6.10. The molecule has 0 aromatic heterocycles. The number of carbonyl (C=O) groups excluding carboxylic acids is 2. The molecule has 0 unspecified atom stereocenters. The fraction of sp³-hybridized carbons (Fsp3) is 0.391. The summed E-state index contributed by atoms with van der Waals surface area (Å²) in [5, 5.41) is 3.10. The van der Waals surface area contributed by atoms with Gasteiger partial charge in [0.1, 0.15) is 5.60 Å². The van der Waals surface area contributed by atoms with Gasteiger partial charge in [-0.1, -0.05) is 23.7 Å². The van der Waals surface area contributed by atoms with E-state index < -0.39 is 46.6 Å². The van der Waals surface area contributed by atoms with E-state index >= 15 is 0 Å². The maximum absolute atomic E-state index is 13.2. The van der Waals surface area contributed by atoms with Crippen molar-refractivity contribution in [3.05, 3.63) is 69.7 Å². The Balaban J connectivity index is 1.59. The number of amides is 2. The number of likely N-dealkylation sites (tertiary alicyclic amines) is 1. The van der Waals surface area contributed by atoms with Crippen LogP contribution in [-0.4, -0.2) is 42.1 Å². The highest BCUT2D eigenvalue weighted by atomic mass is 35.5. The van der Waals surface area contributed by atoms with Crippen LogP contribution in [0.25, 0.3) is 0 Å². The first-order chi connectivity index (χ1) is 16.3. The average molecular weight is 521 g/mol. The summed E-state index contributed by atoms with van der Waals surface area (Å²) in [6, 6.07) is 7.79. The molecule has 2 aromatic rings. The summed E-state index contributed by atoms with van der Waals surface area (Å²) in [6.45, 7) is 0.192. The molecule has 12 heteroatoms. The lowest BCUT2D eigenvalue weighted by Crippen LogP contribution is -2.58. The molecule has 4 rings (SSSR count). The van der Waals surface area contributed by atoms with Gasteiger partial charge in [0.25, 0.3) is 5.91 Å². The molecule has 2 fully saturated rings. The van der Waals surface area contributed by atoms with E-state index in [1.54, 1.807) is 18.2 Å². The third kappa shape index (κ3) is 5.19. The summed E-state index contributed by atoms with van der Waals surface area (Å²) < 4.78 is 84.8. The van der Waals surface area contributed by atoms with Crippen molar-refractivity contribution in [2.75, 3.05) is 19.6 Å². The van der Waals surface area contributed by atoms with Gasteiger partial charge in [-0.15, -0.1) is 0 Å². The van der Waals surface area contributed by atoms with E-state index in [9.17, 15) is 35.9 Å². The minimum Gasteiger partial charge on any atom is -0.442 e. The lowest BCUT2D eigenvalue weighted by atomic mass is 9.74. The highest BCUT2D eigenvalue weighted by molar-refractivity contribution is 6.30. The summed E-state index contributed by atoms with van der Waals surface area (Å²) in [5.41, 5.74) is -4.04. The second-order valence-corrected chi connectivity index (χ2v) is 8.97. The zero-order valence-electron chi connectivity index (χ0n) is 18.0. The molecule has 35 heavy (non-hydrogen) atoms. The molecular formula is C23H19ClF6N2O3. The smallest absolute Gasteiger partial charge is 0.416 e. The van der Waals surface area contributed by atoms with E-state index in [4.69, 9.17) is 16.3 Å². The Morgan fingerprint density at radius 2 is 1.60 bits per heavy atom. The van der Waals surface area contributed by atoms with Crippen molar-refractivity contribution in [1.29, 1.82) is 0 Å². The molecule has 2 aliphatic rings. The fourth-order valence-corrected chi connectivity index (χ4v) is 4.81. The summed E-state index contributed by atoms with van der Waals surface area (Å²) in [5.74, 6) is -1.28. The van der Waals surface area contributed by atoms with Crippen LogP contribution in [0.1, 0.15) is 45.8 Å². The van der Waals surface area contributed by atoms with Gasteiger partial charge < -0.3 is 15.0 Å². The third-order valence-corrected chi connectivity index (χ3v) is 6.60. The van der Waals surface area contributed by atoms with Gasteiger partial charge in [-0.25, -0.2) is 4.79 Å². The SMILES string of the molecule is O=C1NC[C@H](c2cccc(Cl)c2)C2(CCN(C(=O)c3cc(C(F)(F)F)cc(C(F)(F)F)c3)CC2)O1. The zero-order valence-corrected chi connectivity index (χ0v) is 18.7. The zero-order chi connectivity index (χ0) is 25.6. The first-order valence-electron chi connectivity index (χ1n) is 10.6. The summed E-state index contributed by atoms with van der Waals surface area (Å²) in [7, 11) is 0. The molecule has 2 saturated heterocycles. The van der Waals surface area contributed by atoms with Gasteiger partial charge in [-0.2, -0.15) is 26.3 Å². The van der Waals surface area contributed by atoms with E-state index in [1.165, 1.54) is 4.90 Å². The van der Waals surface area contributed by atoms with Crippen LogP contribution >= 0.6 is 11.6 Å². The van der Waals surface area contributed by atoms with Crippen molar-refractivity contribution in [2.45, 2.75) is 36.7 Å². The molecular weight excluding hydrogens is 502 g/mol. The van der Waals surface area contributed by atoms with Crippen LogP contribution in [0.15, 0.2) is 42.5 Å². The molecule has 0 radical (unpaired) electrons. The Morgan fingerprint density at radius 1 is 1.00 bits per heavy atom. The molecule has 0 aliphatic carbocycles. The van der Waals surface area contributed by atoms with E-state index in [0.29, 0.717) is 17.2 Å². The molecule has 0 saturated carbocycles. The first-order valence-corrected chi connectivity index (χ1v) is 11.0. The van der Waals surface area contributed by atoms with Gasteiger partial charge in [0, 0.05) is 49.0 Å². The number of nitrogens with one attached hydrogen (secondary N) is 1. The van der Waals surface area contributed by atoms with Gasteiger partial charge in [0.05, 0.1) is 11.1 Å². The molecule has 2 aliphatic heterocycles. The molecule has 2 aromatic carbocycles. The molecule has 5 nitrogen and oxygen atoms in total. The number of hydrogen-bond donors (Lipinski definition) is 1. The van der Waals surface area contributed by atoms with Crippen molar-refractivity contribution in [2.24, 2.45) is 0 Å². The maximum Gasteiger partial charge on any atom is 0.416 e. The van der Waals surface area contributed by atoms with Gasteiger partial charge >= 0.3 is 18.4 Å². The van der Waals surface area contributed by atoms with Crippen LogP contribution in [-0.2, 0) is 17.1 Å². The molecule has 2 heterocycles. The van der Waals surface area contributed by atoms with Gasteiger partial charge in [-0.05, 0) is 35.9 Å². The van der Waals surface area contributed by atoms with Crippen molar-refractivity contribution in [3.8, 4) is 0 Å². The minimum atomic E-state index is -5.06. The fourth-order valence-electron chi connectivity index (χ4n) is 4.61. The number of carbonyl (C=O) groups is 2. The van der Waals surface area contributed by atoms with Gasteiger partial charge in [0.15, 0.2) is 0 Å². The van der Waals surface area contributed by atoms with Crippen LogP contribution in [0.5, 0.6) is 0 Å². The van der Waals surface area contributed by atoms with Crippen LogP contribution in [0, 0.1) is 0 Å². The predicted molar refractivity (Wildman–Crippen MR) is 113 cm³/mol. The number of hydrogen-bond acceptors (Lipinski definition) is 3. The van der Waals surface area contributed by atoms with Crippen LogP contribution < -0.4 is 5.32 Å². The highest BCUT2D eigenvalue weighted by Crippen LogP contribution is 2.43.